The zero-order valence-electron chi connectivity index (χ0n) is 21.3. The second-order valence-corrected chi connectivity index (χ2v) is 15.7. The van der Waals surface area contributed by atoms with Crippen LogP contribution in [0.5, 0.6) is 5.75 Å². The van der Waals surface area contributed by atoms with Crippen LogP contribution in [0.2, 0.25) is 25.7 Å². The van der Waals surface area contributed by atoms with Gasteiger partial charge in [-0.2, -0.15) is 14.0 Å². The molecule has 0 amide bonds. The normalized spacial score (nSPS) is 11.8. The van der Waals surface area contributed by atoms with Crippen molar-refractivity contribution in [2.24, 2.45) is 0 Å². The molecule has 0 saturated carbocycles. The molecule has 198 valence electrons. The van der Waals surface area contributed by atoms with E-state index in [0.717, 1.165) is 10.6 Å². The smallest absolute Gasteiger partial charge is 0.416 e. The lowest BCUT2D eigenvalue weighted by Gasteiger charge is -2.17. The maximum atomic E-state index is 14.0. The van der Waals surface area contributed by atoms with E-state index in [1.807, 2.05) is 0 Å². The topological polar surface area (TPSA) is 119 Å². The third-order valence-corrected chi connectivity index (χ3v) is 7.77. The highest BCUT2D eigenvalue weighted by atomic mass is 28.3. The predicted octanol–water partition coefficient (Wildman–Crippen LogP) is 5.84. The Morgan fingerprint density at radius 2 is 1.95 bits per heavy atom. The van der Waals surface area contributed by atoms with Gasteiger partial charge in [0.25, 0.3) is 0 Å². The lowest BCUT2D eigenvalue weighted by atomic mass is 10.0. The molecule has 12 heteroatoms. The largest absolute Gasteiger partial charge is 0.464 e. The van der Waals surface area contributed by atoms with Crippen LogP contribution in [-0.2, 0) is 11.5 Å². The van der Waals surface area contributed by atoms with Gasteiger partial charge in [0.1, 0.15) is 12.5 Å². The standard InChI is InChI=1S/C26H26F2N4O5Si/c1-15-11-20(37-25(27)28)21(17-7-8-31(22(15)17)26(34)35)23(33)24-30-18-6-5-16(13-29)12-19(18)32(24)14-36-9-10-38(2,3)4/h5-8,11-12,25H,9-10,14H2,1-4H3,(H,34,35). The highest BCUT2D eigenvalue weighted by Gasteiger charge is 2.28. The quantitative estimate of drug-likeness (QED) is 0.161. The molecule has 0 fully saturated rings. The highest BCUT2D eigenvalue weighted by molar-refractivity contribution is 6.76. The molecule has 9 nitrogen and oxygen atoms in total. The summed E-state index contributed by atoms with van der Waals surface area (Å²) in [6.07, 6.45) is -0.0546. The van der Waals surface area contributed by atoms with Crippen molar-refractivity contribution in [3.05, 3.63) is 59.0 Å². The second-order valence-electron chi connectivity index (χ2n) is 10.0. The number of carbonyl (C=O) groups excluding carboxylic acids is 1. The lowest BCUT2D eigenvalue weighted by molar-refractivity contribution is -0.0500. The van der Waals surface area contributed by atoms with E-state index in [-0.39, 0.29) is 29.0 Å². The van der Waals surface area contributed by atoms with Gasteiger partial charge in [-0.05, 0) is 48.9 Å². The van der Waals surface area contributed by atoms with Crippen molar-refractivity contribution < 1.29 is 33.0 Å². The number of benzene rings is 2. The van der Waals surface area contributed by atoms with E-state index in [9.17, 15) is 28.7 Å². The third-order valence-electron chi connectivity index (χ3n) is 6.07. The first kappa shape index (κ1) is 27.0. The average molecular weight is 541 g/mol. The van der Waals surface area contributed by atoms with Gasteiger partial charge in [-0.15, -0.1) is 0 Å². The first-order valence-corrected chi connectivity index (χ1v) is 15.5. The number of ketones is 1. The van der Waals surface area contributed by atoms with Gasteiger partial charge in [0.15, 0.2) is 5.82 Å². The Labute approximate surface area is 217 Å². The third kappa shape index (κ3) is 5.29. The molecule has 38 heavy (non-hydrogen) atoms. The number of rotatable bonds is 9. The number of alkyl halides is 2. The van der Waals surface area contributed by atoms with E-state index in [1.54, 1.807) is 25.1 Å². The first-order chi connectivity index (χ1) is 17.9. The van der Waals surface area contributed by atoms with Crippen molar-refractivity contribution in [3.8, 4) is 11.8 Å². The minimum atomic E-state index is -3.22. The van der Waals surface area contributed by atoms with Crippen molar-refractivity contribution in [2.45, 2.75) is 46.0 Å². The molecule has 4 rings (SSSR count). The van der Waals surface area contributed by atoms with E-state index in [4.69, 9.17) is 9.47 Å². The van der Waals surface area contributed by atoms with Crippen LogP contribution >= 0.6 is 0 Å². The monoisotopic (exact) mass is 540 g/mol. The van der Waals surface area contributed by atoms with Gasteiger partial charge in [-0.3, -0.25) is 13.9 Å². The molecule has 2 aromatic carbocycles. The summed E-state index contributed by atoms with van der Waals surface area (Å²) < 4.78 is 39.7. The number of ether oxygens (including phenoxy) is 2. The van der Waals surface area contributed by atoms with Crippen molar-refractivity contribution in [3.63, 3.8) is 0 Å². The number of halogens is 2. The van der Waals surface area contributed by atoms with Crippen molar-refractivity contribution in [2.75, 3.05) is 6.61 Å². The van der Waals surface area contributed by atoms with Gasteiger partial charge in [-0.25, -0.2) is 9.78 Å². The van der Waals surface area contributed by atoms with Crippen LogP contribution in [0, 0.1) is 18.3 Å². The number of carbonyl (C=O) groups is 2. The van der Waals surface area contributed by atoms with Gasteiger partial charge in [-0.1, -0.05) is 19.6 Å². The summed E-state index contributed by atoms with van der Waals surface area (Å²) >= 11 is 0. The number of hydrogen-bond donors (Lipinski definition) is 1. The Morgan fingerprint density at radius 1 is 1.21 bits per heavy atom. The number of fused-ring (bicyclic) bond motifs is 2. The zero-order valence-corrected chi connectivity index (χ0v) is 22.3. The number of carboxylic acid groups (broad SMARTS) is 1. The second kappa shape index (κ2) is 10.4. The summed E-state index contributed by atoms with van der Waals surface area (Å²) in [5.41, 5.74) is 1.47. The van der Waals surface area contributed by atoms with Crippen LogP contribution in [0.1, 0.15) is 27.3 Å². The molecule has 0 aliphatic rings. The Balaban J connectivity index is 1.90. The Hall–Kier alpha value is -4.08. The average Bonchev–Trinajstić information content (AvgIpc) is 3.43. The van der Waals surface area contributed by atoms with Gasteiger partial charge in [0.05, 0.1) is 33.7 Å². The Bertz CT molecular complexity index is 1600. The SMILES string of the molecule is Cc1cc(OC(F)F)c(C(=O)c2nc3ccc(C#N)cc3n2COCC[Si](C)(C)C)c2ccn(C(=O)O)c12. The van der Waals surface area contributed by atoms with E-state index in [2.05, 4.69) is 30.7 Å². The molecule has 4 aromatic rings. The number of nitrogens with zero attached hydrogens (tertiary/aromatic N) is 4. The van der Waals surface area contributed by atoms with Crippen LogP contribution in [0.3, 0.4) is 0 Å². The molecule has 0 bridgehead atoms. The van der Waals surface area contributed by atoms with Crippen LogP contribution in [0.25, 0.3) is 21.9 Å². The van der Waals surface area contributed by atoms with E-state index in [1.165, 1.54) is 22.9 Å². The van der Waals surface area contributed by atoms with E-state index in [0.29, 0.717) is 28.8 Å². The maximum absolute atomic E-state index is 14.0. The summed E-state index contributed by atoms with van der Waals surface area (Å²) in [6.45, 7) is 5.31. The van der Waals surface area contributed by atoms with Crippen molar-refractivity contribution >= 4 is 41.9 Å². The fraction of sp³-hybridized carbons (Fsp3) is 0.308. The molecule has 2 aromatic heterocycles. The van der Waals surface area contributed by atoms with Gasteiger partial charge >= 0.3 is 12.7 Å². The summed E-state index contributed by atoms with van der Waals surface area (Å²) in [4.78, 5) is 30.2. The molecule has 0 aliphatic carbocycles. The molecular weight excluding hydrogens is 514 g/mol. The number of aromatic nitrogens is 3. The van der Waals surface area contributed by atoms with Gasteiger partial charge < -0.3 is 14.6 Å². The molecular formula is C26H26F2N4O5Si. The van der Waals surface area contributed by atoms with E-state index >= 15 is 0 Å². The minimum absolute atomic E-state index is 0.0624. The molecule has 0 radical (unpaired) electrons. The molecule has 2 heterocycles. The molecule has 0 saturated heterocycles. The predicted molar refractivity (Wildman–Crippen MR) is 139 cm³/mol. The van der Waals surface area contributed by atoms with Crippen LogP contribution in [-0.4, -0.2) is 52.4 Å². The summed E-state index contributed by atoms with van der Waals surface area (Å²) in [5.74, 6) is -1.26. The molecule has 0 aliphatic heterocycles. The molecule has 0 spiro atoms. The number of nitriles is 1. The number of aryl methyl sites for hydroxylation is 1. The van der Waals surface area contributed by atoms with Crippen LogP contribution in [0.15, 0.2) is 36.5 Å². The summed E-state index contributed by atoms with van der Waals surface area (Å²) in [7, 11) is -1.40. The summed E-state index contributed by atoms with van der Waals surface area (Å²) in [5, 5.41) is 19.1. The number of imidazole rings is 1. The molecule has 0 atom stereocenters. The van der Waals surface area contributed by atoms with Gasteiger partial charge in [0.2, 0.25) is 5.78 Å². The fourth-order valence-electron chi connectivity index (χ4n) is 4.23. The fourth-order valence-corrected chi connectivity index (χ4v) is 4.99. The Morgan fingerprint density at radius 3 is 2.58 bits per heavy atom. The first-order valence-electron chi connectivity index (χ1n) is 11.8. The molecule has 1 N–H and O–H groups in total. The Kier molecular flexibility index (Phi) is 7.35. The molecule has 0 unspecified atom stereocenters. The maximum Gasteiger partial charge on any atom is 0.416 e. The highest BCUT2D eigenvalue weighted by Crippen LogP contribution is 2.35. The van der Waals surface area contributed by atoms with E-state index < -0.39 is 32.3 Å². The minimum Gasteiger partial charge on any atom is -0.464 e. The van der Waals surface area contributed by atoms with Crippen molar-refractivity contribution in [1.82, 2.24) is 14.1 Å². The zero-order chi connectivity index (χ0) is 27.8. The lowest BCUT2D eigenvalue weighted by Crippen LogP contribution is -2.22. The van der Waals surface area contributed by atoms with Crippen LogP contribution < -0.4 is 4.74 Å². The summed E-state index contributed by atoms with van der Waals surface area (Å²) in [6, 6.07) is 10.2. The number of hydrogen-bond acceptors (Lipinski definition) is 6. The van der Waals surface area contributed by atoms with Crippen LogP contribution in [0.4, 0.5) is 13.6 Å². The van der Waals surface area contributed by atoms with Crippen molar-refractivity contribution in [1.29, 1.82) is 5.26 Å². The van der Waals surface area contributed by atoms with Gasteiger partial charge in [0, 0.05) is 26.3 Å².